The van der Waals surface area contributed by atoms with Gasteiger partial charge in [-0.15, -0.1) is 0 Å². The fourth-order valence-corrected chi connectivity index (χ4v) is 6.10. The number of carbonyl (C=O) groups excluding carboxylic acids is 3. The lowest BCUT2D eigenvalue weighted by Crippen LogP contribution is -2.54. The van der Waals surface area contributed by atoms with E-state index in [2.05, 4.69) is 5.32 Å². The highest BCUT2D eigenvalue weighted by molar-refractivity contribution is 6.31. The number of methoxy groups -OCH3 is 1. The van der Waals surface area contributed by atoms with Crippen LogP contribution in [0.3, 0.4) is 0 Å². The van der Waals surface area contributed by atoms with Crippen molar-refractivity contribution in [2.24, 2.45) is 0 Å². The van der Waals surface area contributed by atoms with E-state index >= 15 is 0 Å². The molecule has 0 saturated carbocycles. The summed E-state index contributed by atoms with van der Waals surface area (Å²) in [6, 6.07) is 5.64. The van der Waals surface area contributed by atoms with Gasteiger partial charge in [0.15, 0.2) is 17.9 Å². The van der Waals surface area contributed by atoms with Gasteiger partial charge in [-0.2, -0.15) is 5.26 Å². The predicted octanol–water partition coefficient (Wildman–Crippen LogP) is 0.156. The summed E-state index contributed by atoms with van der Waals surface area (Å²) in [6.07, 6.45) is -5.31. The molecule has 222 valence electrons. The van der Waals surface area contributed by atoms with Crippen molar-refractivity contribution < 1.29 is 54.1 Å². The fourth-order valence-electron chi connectivity index (χ4n) is 6.10. The van der Waals surface area contributed by atoms with Crippen molar-refractivity contribution in [2.45, 2.75) is 62.4 Å². The molecule has 2 aromatic carbocycles. The minimum atomic E-state index is -2.27. The summed E-state index contributed by atoms with van der Waals surface area (Å²) in [4.78, 5) is 40.0. The molecule has 3 aliphatic rings. The molecule has 0 amide bonds. The third-order valence-electron chi connectivity index (χ3n) is 8.20. The molecule has 0 aromatic heterocycles. The van der Waals surface area contributed by atoms with E-state index in [0.29, 0.717) is 0 Å². The van der Waals surface area contributed by atoms with E-state index in [-0.39, 0.29) is 41.0 Å². The molecule has 5 rings (SSSR count). The molecule has 0 unspecified atom stereocenters. The summed E-state index contributed by atoms with van der Waals surface area (Å²) in [6.45, 7) is 0.473. The first-order valence-corrected chi connectivity index (χ1v) is 13.3. The molecule has 13 heteroatoms. The first-order chi connectivity index (χ1) is 20.0. The number of nitriles is 1. The zero-order chi connectivity index (χ0) is 30.5. The number of rotatable bonds is 7. The van der Waals surface area contributed by atoms with Gasteiger partial charge < -0.3 is 39.7 Å². The second kappa shape index (κ2) is 11.1. The van der Waals surface area contributed by atoms with Gasteiger partial charge in [0.05, 0.1) is 54.7 Å². The van der Waals surface area contributed by atoms with E-state index in [9.17, 15) is 39.9 Å². The van der Waals surface area contributed by atoms with E-state index in [1.54, 1.807) is 6.92 Å². The molecule has 1 heterocycles. The SMILES string of the molecule is COc1cccc2c1C(=O)c1c(O)c3c(c(O)c1C2=O)C[C@@](O)(C(=O)CO)C[C@@H]3O[C@H]1C[C@H](NCC#N)[C@H](O)[C@H](C)O1. The largest absolute Gasteiger partial charge is 0.507 e. The molecule has 2 aliphatic carbocycles. The van der Waals surface area contributed by atoms with Crippen LogP contribution in [0.5, 0.6) is 17.2 Å². The van der Waals surface area contributed by atoms with Crippen LogP contribution in [-0.2, 0) is 20.7 Å². The molecule has 2 aromatic rings. The Labute approximate surface area is 239 Å². The smallest absolute Gasteiger partial charge is 0.202 e. The zero-order valence-corrected chi connectivity index (χ0v) is 22.8. The van der Waals surface area contributed by atoms with Crippen molar-refractivity contribution in [3.63, 3.8) is 0 Å². The van der Waals surface area contributed by atoms with Crippen molar-refractivity contribution in [1.82, 2.24) is 5.32 Å². The van der Waals surface area contributed by atoms with Crippen LogP contribution in [0.25, 0.3) is 0 Å². The number of Topliss-reactive ketones (excluding diaryl/α,β-unsaturated/α-hetero) is 1. The number of nitrogens with zero attached hydrogens (tertiary/aromatic N) is 1. The average molecular weight is 583 g/mol. The van der Waals surface area contributed by atoms with Crippen LogP contribution >= 0.6 is 0 Å². The molecular weight excluding hydrogens is 552 g/mol. The number of aromatic hydroxyl groups is 2. The van der Waals surface area contributed by atoms with Crippen molar-refractivity contribution in [3.05, 3.63) is 51.6 Å². The lowest BCUT2D eigenvalue weighted by atomic mass is 9.72. The highest BCUT2D eigenvalue weighted by atomic mass is 16.7. The topological polar surface area (TPSA) is 216 Å². The highest BCUT2D eigenvalue weighted by Gasteiger charge is 2.50. The second-order valence-electron chi connectivity index (χ2n) is 10.6. The summed E-state index contributed by atoms with van der Waals surface area (Å²) in [7, 11) is 1.32. The number of phenolic OH excluding ortho intramolecular Hbond substituents is 2. The molecule has 1 saturated heterocycles. The molecule has 6 atom stereocenters. The molecule has 0 radical (unpaired) electrons. The predicted molar refractivity (Wildman–Crippen MR) is 141 cm³/mol. The van der Waals surface area contributed by atoms with Gasteiger partial charge in [0.25, 0.3) is 0 Å². The van der Waals surface area contributed by atoms with Crippen molar-refractivity contribution >= 4 is 17.3 Å². The second-order valence-corrected chi connectivity index (χ2v) is 10.6. The third kappa shape index (κ3) is 4.62. The number of carbonyl (C=O) groups is 3. The van der Waals surface area contributed by atoms with Crippen LogP contribution in [0.15, 0.2) is 18.2 Å². The maximum Gasteiger partial charge on any atom is 0.202 e. The van der Waals surface area contributed by atoms with E-state index in [1.165, 1.54) is 25.3 Å². The Morgan fingerprint density at radius 2 is 1.90 bits per heavy atom. The van der Waals surface area contributed by atoms with Gasteiger partial charge in [-0.05, 0) is 13.0 Å². The summed E-state index contributed by atoms with van der Waals surface area (Å²) in [5.74, 6) is -3.87. The number of benzene rings is 2. The lowest BCUT2D eigenvalue weighted by molar-refractivity contribution is -0.249. The molecule has 6 N–H and O–H groups in total. The van der Waals surface area contributed by atoms with Gasteiger partial charge in [-0.1, -0.05) is 12.1 Å². The minimum absolute atomic E-state index is 0.0189. The summed E-state index contributed by atoms with van der Waals surface area (Å²) >= 11 is 0. The van der Waals surface area contributed by atoms with Gasteiger partial charge in [-0.25, -0.2) is 0 Å². The summed E-state index contributed by atoms with van der Waals surface area (Å²) in [5, 5.41) is 66.2. The number of hydrogen-bond donors (Lipinski definition) is 6. The first-order valence-electron chi connectivity index (χ1n) is 13.3. The number of hydrogen-bond acceptors (Lipinski definition) is 13. The number of fused-ring (bicyclic) bond motifs is 3. The van der Waals surface area contributed by atoms with Crippen LogP contribution in [0.1, 0.15) is 68.8 Å². The van der Waals surface area contributed by atoms with Gasteiger partial charge in [-0.3, -0.25) is 19.7 Å². The standard InChI is InChI=1S/C29H30N2O11/c1-12-24(34)15(31-7-6-30)8-19(41-12)42-17-10-29(39,18(33)11-32)9-14-21(17)28(38)23-22(26(14)36)25(35)13-4-3-5-16(40-2)20(13)27(23)37/h3-5,12,15,17,19,24,31-32,34,36,38-39H,7-11H2,1-2H3/t12-,15-,17-,19-,24+,29-/m0/s1. The maximum atomic E-state index is 13.7. The molecule has 1 aliphatic heterocycles. The number of aliphatic hydroxyl groups is 3. The Morgan fingerprint density at radius 3 is 2.57 bits per heavy atom. The number of ether oxygens (including phenoxy) is 3. The van der Waals surface area contributed by atoms with Crippen LogP contribution < -0.4 is 10.1 Å². The molecule has 0 bridgehead atoms. The van der Waals surface area contributed by atoms with Crippen LogP contribution in [0.2, 0.25) is 0 Å². The van der Waals surface area contributed by atoms with Gasteiger partial charge in [0.2, 0.25) is 5.78 Å². The Bertz CT molecular complexity index is 1520. The van der Waals surface area contributed by atoms with Crippen molar-refractivity contribution in [3.8, 4) is 23.3 Å². The van der Waals surface area contributed by atoms with Crippen LogP contribution in [-0.4, -0.2) is 93.3 Å². The van der Waals surface area contributed by atoms with Gasteiger partial charge in [0, 0.05) is 42.0 Å². The summed E-state index contributed by atoms with van der Waals surface area (Å²) in [5.41, 5.74) is -3.76. The molecular formula is C29H30N2O11. The Morgan fingerprint density at radius 1 is 1.19 bits per heavy atom. The minimum Gasteiger partial charge on any atom is -0.507 e. The molecule has 13 nitrogen and oxygen atoms in total. The quantitative estimate of drug-likeness (QED) is 0.162. The summed E-state index contributed by atoms with van der Waals surface area (Å²) < 4.78 is 17.2. The maximum absolute atomic E-state index is 13.7. The highest BCUT2D eigenvalue weighted by Crippen LogP contribution is 2.52. The Hall–Kier alpha value is -3.90. The number of aliphatic hydroxyl groups excluding tert-OH is 2. The number of ketones is 3. The monoisotopic (exact) mass is 582 g/mol. The van der Waals surface area contributed by atoms with Crippen molar-refractivity contribution in [1.29, 1.82) is 5.26 Å². The van der Waals surface area contributed by atoms with E-state index < -0.39 is 95.7 Å². The lowest BCUT2D eigenvalue weighted by Gasteiger charge is -2.42. The number of nitrogens with one attached hydrogen (secondary N) is 1. The third-order valence-corrected chi connectivity index (χ3v) is 8.20. The normalized spacial score (nSPS) is 28.3. The Kier molecular flexibility index (Phi) is 7.80. The first kappa shape index (κ1) is 29.6. The fraction of sp³-hybridized carbons (Fsp3) is 0.448. The average Bonchev–Trinajstić information content (AvgIpc) is 2.97. The zero-order valence-electron chi connectivity index (χ0n) is 22.8. The van der Waals surface area contributed by atoms with E-state index in [0.717, 1.165) is 0 Å². The van der Waals surface area contributed by atoms with E-state index in [1.807, 2.05) is 6.07 Å². The van der Waals surface area contributed by atoms with Gasteiger partial charge >= 0.3 is 0 Å². The molecule has 42 heavy (non-hydrogen) atoms. The van der Waals surface area contributed by atoms with Crippen molar-refractivity contribution in [2.75, 3.05) is 20.3 Å². The van der Waals surface area contributed by atoms with Gasteiger partial charge in [0.1, 0.15) is 29.5 Å². The van der Waals surface area contributed by atoms with E-state index in [4.69, 9.17) is 19.5 Å². The van der Waals surface area contributed by atoms with Crippen LogP contribution in [0.4, 0.5) is 0 Å². The Balaban J connectivity index is 1.64. The molecule has 1 fully saturated rings. The number of phenols is 2. The van der Waals surface area contributed by atoms with Crippen LogP contribution in [0, 0.1) is 11.3 Å². The molecule has 0 spiro atoms.